The van der Waals surface area contributed by atoms with Gasteiger partial charge in [0, 0.05) is 19.8 Å². The second-order valence-corrected chi connectivity index (χ2v) is 6.24. The molecule has 1 aliphatic rings. The van der Waals surface area contributed by atoms with Crippen molar-refractivity contribution in [2.75, 3.05) is 19.8 Å². The number of benzene rings is 1. The number of likely N-dealkylation sites (N-methyl/N-ethyl adjacent to an activating group) is 1. The lowest BCUT2D eigenvalue weighted by molar-refractivity contribution is 0.226. The molecule has 5 nitrogen and oxygen atoms in total. The minimum atomic E-state index is -3.16. The van der Waals surface area contributed by atoms with Crippen molar-refractivity contribution in [1.82, 2.24) is 10.2 Å². The van der Waals surface area contributed by atoms with Gasteiger partial charge in [-0.2, -0.15) is 0 Å². The Labute approximate surface area is 100 Å². The lowest BCUT2D eigenvalue weighted by Crippen LogP contribution is -2.23. The zero-order valence-electron chi connectivity index (χ0n) is 9.67. The summed E-state index contributed by atoms with van der Waals surface area (Å²) in [5.74, 6) is 0. The Kier molecular flexibility index (Phi) is 2.82. The van der Waals surface area contributed by atoms with Crippen molar-refractivity contribution in [3.8, 4) is 0 Å². The fourth-order valence-corrected chi connectivity index (χ4v) is 2.43. The van der Waals surface area contributed by atoms with Crippen molar-refractivity contribution in [2.24, 2.45) is 0 Å². The van der Waals surface area contributed by atoms with Crippen LogP contribution in [0.3, 0.4) is 0 Å². The standard InChI is InChI=1S/C11H14N2O3S/c1-13-7-10(12-11(13)14)8-3-5-9(6-4-8)17(2,15)16/h3-6,10H,7H2,1-2H3,(H,12,14). The zero-order chi connectivity index (χ0) is 12.6. The summed E-state index contributed by atoms with van der Waals surface area (Å²) >= 11 is 0. The van der Waals surface area contributed by atoms with Crippen molar-refractivity contribution in [2.45, 2.75) is 10.9 Å². The van der Waals surface area contributed by atoms with Gasteiger partial charge in [0.15, 0.2) is 9.84 Å². The Hall–Kier alpha value is -1.56. The molecule has 0 radical (unpaired) electrons. The lowest BCUT2D eigenvalue weighted by atomic mass is 10.1. The quantitative estimate of drug-likeness (QED) is 0.848. The zero-order valence-corrected chi connectivity index (χ0v) is 10.5. The molecule has 0 spiro atoms. The molecule has 2 rings (SSSR count). The van der Waals surface area contributed by atoms with E-state index in [1.807, 2.05) is 0 Å². The van der Waals surface area contributed by atoms with Gasteiger partial charge in [0.2, 0.25) is 0 Å². The van der Waals surface area contributed by atoms with E-state index in [0.29, 0.717) is 11.4 Å². The summed E-state index contributed by atoms with van der Waals surface area (Å²) in [5, 5.41) is 2.82. The van der Waals surface area contributed by atoms with E-state index in [9.17, 15) is 13.2 Å². The molecule has 2 amide bonds. The van der Waals surface area contributed by atoms with E-state index in [1.54, 1.807) is 36.2 Å². The molecule has 0 bridgehead atoms. The lowest BCUT2D eigenvalue weighted by Gasteiger charge is -2.10. The van der Waals surface area contributed by atoms with Gasteiger partial charge in [-0.1, -0.05) is 12.1 Å². The van der Waals surface area contributed by atoms with Gasteiger partial charge in [0.1, 0.15) is 0 Å². The molecule has 1 heterocycles. The van der Waals surface area contributed by atoms with Crippen LogP contribution in [0.15, 0.2) is 29.2 Å². The third-order valence-corrected chi connectivity index (χ3v) is 3.94. The van der Waals surface area contributed by atoms with Crippen LogP contribution < -0.4 is 5.32 Å². The molecule has 1 unspecified atom stereocenters. The Morgan fingerprint density at radius 1 is 1.29 bits per heavy atom. The predicted octanol–water partition coefficient (Wildman–Crippen LogP) is 0.786. The molecule has 0 saturated carbocycles. The van der Waals surface area contributed by atoms with Crippen LogP contribution in [0.5, 0.6) is 0 Å². The fraction of sp³-hybridized carbons (Fsp3) is 0.364. The highest BCUT2D eigenvalue weighted by atomic mass is 32.2. The van der Waals surface area contributed by atoms with Crippen molar-refractivity contribution < 1.29 is 13.2 Å². The summed E-state index contributed by atoms with van der Waals surface area (Å²) in [5.41, 5.74) is 0.912. The topological polar surface area (TPSA) is 66.5 Å². The number of hydrogen-bond acceptors (Lipinski definition) is 3. The summed E-state index contributed by atoms with van der Waals surface area (Å²) in [4.78, 5) is 13.2. The van der Waals surface area contributed by atoms with E-state index in [0.717, 1.165) is 5.56 Å². The minimum absolute atomic E-state index is 0.0684. The monoisotopic (exact) mass is 254 g/mol. The van der Waals surface area contributed by atoms with Crippen LogP contribution in [-0.4, -0.2) is 39.2 Å². The van der Waals surface area contributed by atoms with Crippen LogP contribution in [0.1, 0.15) is 11.6 Å². The third-order valence-electron chi connectivity index (χ3n) is 2.81. The number of rotatable bonds is 2. The molecule has 1 fully saturated rings. The second kappa shape index (κ2) is 4.03. The van der Waals surface area contributed by atoms with Crippen LogP contribution in [0.25, 0.3) is 0 Å². The van der Waals surface area contributed by atoms with Crippen molar-refractivity contribution in [3.05, 3.63) is 29.8 Å². The average molecular weight is 254 g/mol. The molecule has 0 aromatic heterocycles. The Balaban J connectivity index is 2.22. The highest BCUT2D eigenvalue weighted by Gasteiger charge is 2.26. The van der Waals surface area contributed by atoms with Crippen molar-refractivity contribution in [1.29, 1.82) is 0 Å². The number of carbonyl (C=O) groups excluding carboxylic acids is 1. The maximum atomic E-state index is 11.3. The summed E-state index contributed by atoms with van der Waals surface area (Å²) in [7, 11) is -1.44. The van der Waals surface area contributed by atoms with E-state index in [1.165, 1.54) is 6.26 Å². The molecule has 0 aliphatic carbocycles. The van der Waals surface area contributed by atoms with Gasteiger partial charge >= 0.3 is 6.03 Å². The molecule has 92 valence electrons. The van der Waals surface area contributed by atoms with E-state index < -0.39 is 9.84 Å². The first-order chi connectivity index (χ1) is 7.88. The molecular weight excluding hydrogens is 240 g/mol. The molecule has 1 atom stereocenters. The van der Waals surface area contributed by atoms with Crippen LogP contribution >= 0.6 is 0 Å². The summed E-state index contributed by atoms with van der Waals surface area (Å²) in [6.07, 6.45) is 1.17. The summed E-state index contributed by atoms with van der Waals surface area (Å²) in [6, 6.07) is 6.42. The number of sulfone groups is 1. The van der Waals surface area contributed by atoms with Gasteiger partial charge in [-0.15, -0.1) is 0 Å². The van der Waals surface area contributed by atoms with E-state index in [4.69, 9.17) is 0 Å². The smallest absolute Gasteiger partial charge is 0.317 e. The van der Waals surface area contributed by atoms with E-state index >= 15 is 0 Å². The highest BCUT2D eigenvalue weighted by molar-refractivity contribution is 7.90. The normalized spacial score (nSPS) is 20.5. The van der Waals surface area contributed by atoms with Crippen molar-refractivity contribution in [3.63, 3.8) is 0 Å². The Bertz CT molecular complexity index is 536. The molecule has 6 heteroatoms. The number of hydrogen-bond donors (Lipinski definition) is 1. The number of nitrogens with one attached hydrogen (secondary N) is 1. The SMILES string of the molecule is CN1CC(c2ccc(S(C)(=O)=O)cc2)NC1=O. The van der Waals surface area contributed by atoms with Gasteiger partial charge in [-0.25, -0.2) is 13.2 Å². The van der Waals surface area contributed by atoms with Gasteiger partial charge in [0.25, 0.3) is 0 Å². The Morgan fingerprint density at radius 2 is 1.88 bits per heavy atom. The highest BCUT2D eigenvalue weighted by Crippen LogP contribution is 2.20. The largest absolute Gasteiger partial charge is 0.329 e. The first-order valence-electron chi connectivity index (χ1n) is 5.19. The average Bonchev–Trinajstić information content (AvgIpc) is 2.58. The van der Waals surface area contributed by atoms with Gasteiger partial charge in [-0.05, 0) is 17.7 Å². The molecule has 1 saturated heterocycles. The van der Waals surface area contributed by atoms with Crippen molar-refractivity contribution >= 4 is 15.9 Å². The fourth-order valence-electron chi connectivity index (χ4n) is 1.80. The van der Waals surface area contributed by atoms with E-state index in [-0.39, 0.29) is 12.1 Å². The third kappa shape index (κ3) is 2.41. The van der Waals surface area contributed by atoms with E-state index in [2.05, 4.69) is 5.32 Å². The van der Waals surface area contributed by atoms with Gasteiger partial charge < -0.3 is 10.2 Å². The maximum absolute atomic E-state index is 11.3. The molecule has 17 heavy (non-hydrogen) atoms. The number of amides is 2. The molecule has 1 aliphatic heterocycles. The van der Waals surface area contributed by atoms with Crippen LogP contribution in [-0.2, 0) is 9.84 Å². The van der Waals surface area contributed by atoms with Crippen LogP contribution in [0.2, 0.25) is 0 Å². The van der Waals surface area contributed by atoms with Crippen LogP contribution in [0.4, 0.5) is 4.79 Å². The van der Waals surface area contributed by atoms with Gasteiger partial charge in [-0.3, -0.25) is 0 Å². The predicted molar refractivity (Wildman–Crippen MR) is 63.5 cm³/mol. The first-order valence-corrected chi connectivity index (χ1v) is 7.09. The molecule has 1 aromatic carbocycles. The maximum Gasteiger partial charge on any atom is 0.317 e. The number of urea groups is 1. The van der Waals surface area contributed by atoms with Gasteiger partial charge in [0.05, 0.1) is 10.9 Å². The summed E-state index contributed by atoms with van der Waals surface area (Å²) in [6.45, 7) is 0.594. The molecule has 1 aromatic rings. The summed E-state index contributed by atoms with van der Waals surface area (Å²) < 4.78 is 22.6. The second-order valence-electron chi connectivity index (χ2n) is 4.22. The first kappa shape index (κ1) is 11.9. The van der Waals surface area contributed by atoms with Crippen LogP contribution in [0, 0.1) is 0 Å². The molecular formula is C11H14N2O3S. The minimum Gasteiger partial charge on any atom is -0.329 e. The molecule has 1 N–H and O–H groups in total. The Morgan fingerprint density at radius 3 is 2.29 bits per heavy atom. The number of carbonyl (C=O) groups is 1. The number of nitrogens with zero attached hydrogens (tertiary/aromatic N) is 1.